The zero-order valence-corrected chi connectivity index (χ0v) is 11.6. The first kappa shape index (κ1) is 15.5. The van der Waals surface area contributed by atoms with Crippen molar-refractivity contribution in [3.63, 3.8) is 0 Å². The first-order chi connectivity index (χ1) is 8.99. The Kier molecular flexibility index (Phi) is 5.85. The minimum Gasteiger partial charge on any atom is -0.480 e. The molecule has 0 fully saturated rings. The number of carboxylic acid groups (broad SMARTS) is 1. The summed E-state index contributed by atoms with van der Waals surface area (Å²) >= 11 is 5.83. The second kappa shape index (κ2) is 7.16. The van der Waals surface area contributed by atoms with Gasteiger partial charge in [0, 0.05) is 32.9 Å². The Morgan fingerprint density at radius 1 is 1.58 bits per heavy atom. The largest absolute Gasteiger partial charge is 0.480 e. The van der Waals surface area contributed by atoms with E-state index in [4.69, 9.17) is 21.4 Å². The maximum atomic E-state index is 12.0. The molecular formula is C12H17ClN2O4. The van der Waals surface area contributed by atoms with Crippen molar-refractivity contribution in [3.05, 3.63) is 23.0 Å². The number of aryl methyl sites for hydroxylation is 1. The zero-order chi connectivity index (χ0) is 14.4. The van der Waals surface area contributed by atoms with Crippen LogP contribution in [0.5, 0.6) is 0 Å². The molecule has 2 N–H and O–H groups in total. The van der Waals surface area contributed by atoms with Gasteiger partial charge in [0.15, 0.2) is 0 Å². The lowest BCUT2D eigenvalue weighted by Crippen LogP contribution is -2.42. The van der Waals surface area contributed by atoms with Gasteiger partial charge < -0.3 is 19.7 Å². The molecule has 1 atom stereocenters. The van der Waals surface area contributed by atoms with E-state index in [0.29, 0.717) is 17.3 Å². The number of carbonyl (C=O) groups excluding carboxylic acids is 1. The molecule has 1 heterocycles. The van der Waals surface area contributed by atoms with Gasteiger partial charge >= 0.3 is 5.97 Å². The minimum absolute atomic E-state index is 0.206. The molecule has 1 amide bonds. The van der Waals surface area contributed by atoms with Crippen molar-refractivity contribution < 1.29 is 19.4 Å². The van der Waals surface area contributed by atoms with E-state index in [9.17, 15) is 9.59 Å². The van der Waals surface area contributed by atoms with Gasteiger partial charge in [0.05, 0.1) is 5.02 Å². The quantitative estimate of drug-likeness (QED) is 0.794. The van der Waals surface area contributed by atoms with Crippen molar-refractivity contribution in [1.29, 1.82) is 0 Å². The highest BCUT2D eigenvalue weighted by Crippen LogP contribution is 2.14. The number of rotatable bonds is 7. The third kappa shape index (κ3) is 4.25. The van der Waals surface area contributed by atoms with Gasteiger partial charge in [0.1, 0.15) is 11.7 Å². The molecule has 0 aliphatic heterocycles. The van der Waals surface area contributed by atoms with Crippen LogP contribution in [0.3, 0.4) is 0 Å². The molecule has 7 heteroatoms. The monoisotopic (exact) mass is 288 g/mol. The normalized spacial score (nSPS) is 12.2. The van der Waals surface area contributed by atoms with Crippen LogP contribution < -0.4 is 5.32 Å². The highest BCUT2D eigenvalue weighted by molar-refractivity contribution is 6.31. The fourth-order valence-electron chi connectivity index (χ4n) is 1.65. The topological polar surface area (TPSA) is 80.6 Å². The Balaban J connectivity index is 2.78. The lowest BCUT2D eigenvalue weighted by molar-refractivity contribution is -0.139. The van der Waals surface area contributed by atoms with Crippen molar-refractivity contribution in [3.8, 4) is 0 Å². The standard InChI is InChI=1S/C12H17ClN2O4/c1-3-15-7-8(13)6-10(15)11(16)14-9(12(17)18)4-5-19-2/h6-7,9H,3-5H2,1-2H3,(H,14,16)(H,17,18). The number of aromatic nitrogens is 1. The van der Waals surface area contributed by atoms with E-state index in [-0.39, 0.29) is 13.0 Å². The number of carbonyl (C=O) groups is 2. The third-order valence-electron chi connectivity index (χ3n) is 2.65. The van der Waals surface area contributed by atoms with E-state index in [1.54, 1.807) is 10.8 Å². The molecular weight excluding hydrogens is 272 g/mol. The SMILES string of the molecule is CCn1cc(Cl)cc1C(=O)NC(CCOC)C(=O)O. The number of carboxylic acids is 1. The predicted octanol–water partition coefficient (Wildman–Crippen LogP) is 1.38. The molecule has 1 unspecified atom stereocenters. The van der Waals surface area contributed by atoms with Gasteiger partial charge in [0.25, 0.3) is 5.91 Å². The van der Waals surface area contributed by atoms with Crippen LogP contribution in [0.2, 0.25) is 5.02 Å². The summed E-state index contributed by atoms with van der Waals surface area (Å²) in [7, 11) is 1.47. The van der Waals surface area contributed by atoms with Crippen LogP contribution >= 0.6 is 11.6 Å². The number of halogens is 1. The van der Waals surface area contributed by atoms with E-state index >= 15 is 0 Å². The summed E-state index contributed by atoms with van der Waals surface area (Å²) in [6, 6.07) is 0.529. The molecule has 19 heavy (non-hydrogen) atoms. The molecule has 1 aromatic rings. The lowest BCUT2D eigenvalue weighted by atomic mass is 10.2. The summed E-state index contributed by atoms with van der Waals surface area (Å²) in [4.78, 5) is 23.0. The molecule has 0 aliphatic carbocycles. The number of nitrogens with one attached hydrogen (secondary N) is 1. The number of ether oxygens (including phenoxy) is 1. The van der Waals surface area contributed by atoms with E-state index in [2.05, 4.69) is 5.32 Å². The molecule has 0 bridgehead atoms. The summed E-state index contributed by atoms with van der Waals surface area (Å²) < 4.78 is 6.48. The molecule has 0 radical (unpaired) electrons. The van der Waals surface area contributed by atoms with Crippen LogP contribution in [0.1, 0.15) is 23.8 Å². The Bertz CT molecular complexity index is 459. The van der Waals surface area contributed by atoms with Gasteiger partial charge in [-0.3, -0.25) is 4.79 Å². The summed E-state index contributed by atoms with van der Waals surface area (Å²) in [5.41, 5.74) is 0.344. The summed E-state index contributed by atoms with van der Waals surface area (Å²) in [5.74, 6) is -1.55. The second-order valence-electron chi connectivity index (χ2n) is 3.98. The van der Waals surface area contributed by atoms with Crippen molar-refractivity contribution in [1.82, 2.24) is 9.88 Å². The average molecular weight is 289 g/mol. The first-order valence-electron chi connectivity index (χ1n) is 5.87. The van der Waals surface area contributed by atoms with Crippen LogP contribution in [0.25, 0.3) is 0 Å². The molecule has 0 aliphatic rings. The number of hydrogen-bond donors (Lipinski definition) is 2. The highest BCUT2D eigenvalue weighted by Gasteiger charge is 2.22. The number of hydrogen-bond acceptors (Lipinski definition) is 3. The second-order valence-corrected chi connectivity index (χ2v) is 4.41. The Morgan fingerprint density at radius 3 is 2.79 bits per heavy atom. The number of nitrogens with zero attached hydrogens (tertiary/aromatic N) is 1. The molecule has 106 valence electrons. The van der Waals surface area contributed by atoms with E-state index < -0.39 is 17.9 Å². The minimum atomic E-state index is -1.09. The van der Waals surface area contributed by atoms with Gasteiger partial charge in [-0.2, -0.15) is 0 Å². The third-order valence-corrected chi connectivity index (χ3v) is 2.86. The number of amides is 1. The van der Waals surface area contributed by atoms with Gasteiger partial charge in [-0.05, 0) is 13.0 Å². The van der Waals surface area contributed by atoms with Crippen LogP contribution in [-0.2, 0) is 16.1 Å². The van der Waals surface area contributed by atoms with Crippen molar-refractivity contribution in [2.24, 2.45) is 0 Å². The average Bonchev–Trinajstić information content (AvgIpc) is 2.75. The molecule has 0 aromatic carbocycles. The maximum absolute atomic E-state index is 12.0. The van der Waals surface area contributed by atoms with Crippen LogP contribution in [0.15, 0.2) is 12.3 Å². The summed E-state index contributed by atoms with van der Waals surface area (Å²) in [5, 5.41) is 11.9. The van der Waals surface area contributed by atoms with Crippen LogP contribution in [0, 0.1) is 0 Å². The Morgan fingerprint density at radius 2 is 2.26 bits per heavy atom. The Labute approximate surface area is 116 Å². The molecule has 1 aromatic heterocycles. The van der Waals surface area contributed by atoms with E-state index in [1.165, 1.54) is 13.2 Å². The van der Waals surface area contributed by atoms with Gasteiger partial charge in [-0.25, -0.2) is 4.79 Å². The molecule has 6 nitrogen and oxygen atoms in total. The first-order valence-corrected chi connectivity index (χ1v) is 6.25. The Hall–Kier alpha value is -1.53. The van der Waals surface area contributed by atoms with Crippen LogP contribution in [-0.4, -0.2) is 41.3 Å². The van der Waals surface area contributed by atoms with E-state index in [1.807, 2.05) is 6.92 Å². The summed E-state index contributed by atoms with van der Waals surface area (Å²) in [6.45, 7) is 2.70. The van der Waals surface area contributed by atoms with Gasteiger partial charge in [-0.15, -0.1) is 0 Å². The van der Waals surface area contributed by atoms with Crippen molar-refractivity contribution in [2.45, 2.75) is 25.9 Å². The smallest absolute Gasteiger partial charge is 0.326 e. The number of aliphatic carboxylic acids is 1. The van der Waals surface area contributed by atoms with E-state index in [0.717, 1.165) is 0 Å². The molecule has 0 saturated heterocycles. The fraction of sp³-hybridized carbons (Fsp3) is 0.500. The molecule has 0 spiro atoms. The van der Waals surface area contributed by atoms with Gasteiger partial charge in [0.2, 0.25) is 0 Å². The predicted molar refractivity (Wildman–Crippen MR) is 70.5 cm³/mol. The molecule has 0 saturated carbocycles. The highest BCUT2D eigenvalue weighted by atomic mass is 35.5. The van der Waals surface area contributed by atoms with Crippen molar-refractivity contribution >= 4 is 23.5 Å². The maximum Gasteiger partial charge on any atom is 0.326 e. The van der Waals surface area contributed by atoms with Crippen LogP contribution in [0.4, 0.5) is 0 Å². The molecule has 1 rings (SSSR count). The lowest BCUT2D eigenvalue weighted by Gasteiger charge is -2.14. The van der Waals surface area contributed by atoms with Crippen molar-refractivity contribution in [2.75, 3.05) is 13.7 Å². The van der Waals surface area contributed by atoms with Gasteiger partial charge in [-0.1, -0.05) is 11.6 Å². The zero-order valence-electron chi connectivity index (χ0n) is 10.9. The fourth-order valence-corrected chi connectivity index (χ4v) is 1.87. The summed E-state index contributed by atoms with van der Waals surface area (Å²) in [6.07, 6.45) is 1.83. The number of methoxy groups -OCH3 is 1.